The van der Waals surface area contributed by atoms with E-state index >= 15 is 0 Å². The van der Waals surface area contributed by atoms with E-state index in [9.17, 15) is 4.79 Å². The number of hydrogen-bond acceptors (Lipinski definition) is 1. The number of aryl methyl sites for hydroxylation is 3. The second-order valence-corrected chi connectivity index (χ2v) is 5.95. The highest BCUT2D eigenvalue weighted by molar-refractivity contribution is 5.96. The summed E-state index contributed by atoms with van der Waals surface area (Å²) < 4.78 is 0. The second-order valence-electron chi connectivity index (χ2n) is 5.95. The van der Waals surface area contributed by atoms with Gasteiger partial charge in [-0.15, -0.1) is 0 Å². The maximum atomic E-state index is 12.7. The minimum atomic E-state index is -0.0179. The fraction of sp³-hybridized carbons (Fsp3) is 0.316. The van der Waals surface area contributed by atoms with Gasteiger partial charge in [0.05, 0.1) is 5.92 Å². The number of fused-ring (bicyclic) bond motifs is 1. The van der Waals surface area contributed by atoms with Gasteiger partial charge in [0.1, 0.15) is 0 Å². The molecule has 0 unspecified atom stereocenters. The molecule has 108 valence electrons. The van der Waals surface area contributed by atoms with Gasteiger partial charge in [-0.2, -0.15) is 0 Å². The van der Waals surface area contributed by atoms with Crippen molar-refractivity contribution in [3.63, 3.8) is 0 Å². The summed E-state index contributed by atoms with van der Waals surface area (Å²) in [7, 11) is 0. The van der Waals surface area contributed by atoms with Crippen molar-refractivity contribution in [3.8, 4) is 0 Å². The van der Waals surface area contributed by atoms with E-state index in [4.69, 9.17) is 0 Å². The Hall–Kier alpha value is -2.09. The van der Waals surface area contributed by atoms with E-state index in [1.54, 1.807) is 0 Å². The number of nitrogens with one attached hydrogen (secondary N) is 1. The van der Waals surface area contributed by atoms with Crippen LogP contribution in [-0.2, 0) is 11.2 Å². The molecule has 0 fully saturated rings. The molecule has 0 radical (unpaired) electrons. The molecule has 0 aromatic heterocycles. The van der Waals surface area contributed by atoms with Crippen LogP contribution in [0.15, 0.2) is 42.5 Å². The summed E-state index contributed by atoms with van der Waals surface area (Å²) in [4.78, 5) is 12.7. The van der Waals surface area contributed by atoms with Crippen molar-refractivity contribution in [3.05, 3.63) is 64.7 Å². The van der Waals surface area contributed by atoms with E-state index in [1.807, 2.05) is 25.1 Å². The van der Waals surface area contributed by atoms with E-state index in [0.29, 0.717) is 0 Å². The SMILES string of the molecule is Cc1ccc(NC(=O)[C@H]2CCCc3ccccc32)c(C)c1. The third kappa shape index (κ3) is 2.85. The molecule has 1 aliphatic carbocycles. The summed E-state index contributed by atoms with van der Waals surface area (Å²) in [5.41, 5.74) is 5.78. The Kier molecular flexibility index (Phi) is 3.78. The quantitative estimate of drug-likeness (QED) is 0.869. The lowest BCUT2D eigenvalue weighted by Gasteiger charge is -2.25. The fourth-order valence-electron chi connectivity index (χ4n) is 3.20. The van der Waals surface area contributed by atoms with E-state index in [0.717, 1.165) is 30.5 Å². The van der Waals surface area contributed by atoms with E-state index in [-0.39, 0.29) is 11.8 Å². The molecule has 3 rings (SSSR count). The Morgan fingerprint density at radius 1 is 1.14 bits per heavy atom. The van der Waals surface area contributed by atoms with E-state index < -0.39 is 0 Å². The minimum Gasteiger partial charge on any atom is -0.325 e. The van der Waals surface area contributed by atoms with Gasteiger partial charge in [0, 0.05) is 5.69 Å². The highest BCUT2D eigenvalue weighted by Crippen LogP contribution is 2.32. The van der Waals surface area contributed by atoms with Crippen molar-refractivity contribution in [2.75, 3.05) is 5.32 Å². The Morgan fingerprint density at radius 3 is 2.76 bits per heavy atom. The van der Waals surface area contributed by atoms with Crippen LogP contribution in [0, 0.1) is 13.8 Å². The summed E-state index contributed by atoms with van der Waals surface area (Å²) >= 11 is 0. The zero-order valence-corrected chi connectivity index (χ0v) is 12.6. The zero-order valence-electron chi connectivity index (χ0n) is 12.6. The molecule has 2 aromatic carbocycles. The lowest BCUT2D eigenvalue weighted by atomic mass is 9.82. The normalized spacial score (nSPS) is 17.1. The molecular formula is C19H21NO. The lowest BCUT2D eigenvalue weighted by Crippen LogP contribution is -2.25. The number of rotatable bonds is 2. The number of amides is 1. The summed E-state index contributed by atoms with van der Waals surface area (Å²) in [6.07, 6.45) is 3.11. The second kappa shape index (κ2) is 5.72. The predicted molar refractivity (Wildman–Crippen MR) is 86.7 cm³/mol. The highest BCUT2D eigenvalue weighted by Gasteiger charge is 2.26. The summed E-state index contributed by atoms with van der Waals surface area (Å²) in [6, 6.07) is 14.5. The minimum absolute atomic E-state index is 0.0179. The van der Waals surface area contributed by atoms with E-state index in [1.165, 1.54) is 16.7 Å². The predicted octanol–water partition coefficient (Wildman–Crippen LogP) is 4.36. The van der Waals surface area contributed by atoms with Crippen LogP contribution in [0.5, 0.6) is 0 Å². The molecule has 0 aliphatic heterocycles. The van der Waals surface area contributed by atoms with Crippen LogP contribution in [0.3, 0.4) is 0 Å². The molecule has 21 heavy (non-hydrogen) atoms. The number of carbonyl (C=O) groups is 1. The summed E-state index contributed by atoms with van der Waals surface area (Å²) in [5, 5.41) is 3.11. The number of carbonyl (C=O) groups excluding carboxylic acids is 1. The summed E-state index contributed by atoms with van der Waals surface area (Å²) in [6.45, 7) is 4.10. The van der Waals surface area contributed by atoms with Crippen molar-refractivity contribution in [2.24, 2.45) is 0 Å². The molecule has 1 atom stereocenters. The van der Waals surface area contributed by atoms with Gasteiger partial charge < -0.3 is 5.32 Å². The molecule has 2 nitrogen and oxygen atoms in total. The first-order valence-electron chi connectivity index (χ1n) is 7.61. The molecular weight excluding hydrogens is 258 g/mol. The molecule has 1 amide bonds. The third-order valence-electron chi connectivity index (χ3n) is 4.33. The lowest BCUT2D eigenvalue weighted by molar-refractivity contribution is -0.117. The Bertz CT molecular complexity index is 675. The van der Waals surface area contributed by atoms with E-state index in [2.05, 4.69) is 36.5 Å². The van der Waals surface area contributed by atoms with Gasteiger partial charge in [-0.05, 0) is 55.9 Å². The van der Waals surface area contributed by atoms with Crippen molar-refractivity contribution in [1.29, 1.82) is 0 Å². The van der Waals surface area contributed by atoms with Crippen LogP contribution in [-0.4, -0.2) is 5.91 Å². The largest absolute Gasteiger partial charge is 0.325 e. The number of hydrogen-bond donors (Lipinski definition) is 1. The van der Waals surface area contributed by atoms with Crippen LogP contribution in [0.4, 0.5) is 5.69 Å². The maximum absolute atomic E-state index is 12.7. The van der Waals surface area contributed by atoms with Crippen molar-refractivity contribution < 1.29 is 4.79 Å². The van der Waals surface area contributed by atoms with Gasteiger partial charge in [-0.1, -0.05) is 42.0 Å². The molecule has 1 N–H and O–H groups in total. The van der Waals surface area contributed by atoms with Crippen LogP contribution >= 0.6 is 0 Å². The first-order valence-corrected chi connectivity index (χ1v) is 7.61. The monoisotopic (exact) mass is 279 g/mol. The molecule has 0 spiro atoms. The zero-order chi connectivity index (χ0) is 14.8. The molecule has 0 bridgehead atoms. The highest BCUT2D eigenvalue weighted by atomic mass is 16.1. The average molecular weight is 279 g/mol. The smallest absolute Gasteiger partial charge is 0.231 e. The summed E-state index contributed by atoms with van der Waals surface area (Å²) in [5.74, 6) is 0.102. The third-order valence-corrected chi connectivity index (χ3v) is 4.33. The first-order chi connectivity index (χ1) is 10.1. The van der Waals surface area contributed by atoms with Gasteiger partial charge in [0.2, 0.25) is 5.91 Å². The Morgan fingerprint density at radius 2 is 1.95 bits per heavy atom. The molecule has 0 saturated carbocycles. The van der Waals surface area contributed by atoms with Gasteiger partial charge in [-0.25, -0.2) is 0 Å². The molecule has 1 aliphatic rings. The number of benzene rings is 2. The Balaban J connectivity index is 1.83. The van der Waals surface area contributed by atoms with Gasteiger partial charge in [-0.3, -0.25) is 4.79 Å². The average Bonchev–Trinajstić information content (AvgIpc) is 2.49. The molecule has 0 saturated heterocycles. The van der Waals surface area contributed by atoms with Crippen LogP contribution in [0.25, 0.3) is 0 Å². The topological polar surface area (TPSA) is 29.1 Å². The van der Waals surface area contributed by atoms with Crippen LogP contribution < -0.4 is 5.32 Å². The molecule has 2 aromatic rings. The van der Waals surface area contributed by atoms with Gasteiger partial charge in [0.15, 0.2) is 0 Å². The maximum Gasteiger partial charge on any atom is 0.231 e. The Labute approximate surface area is 126 Å². The van der Waals surface area contributed by atoms with Crippen molar-refractivity contribution >= 4 is 11.6 Å². The molecule has 2 heteroatoms. The fourth-order valence-corrected chi connectivity index (χ4v) is 3.20. The van der Waals surface area contributed by atoms with Gasteiger partial charge >= 0.3 is 0 Å². The van der Waals surface area contributed by atoms with Crippen molar-refractivity contribution in [1.82, 2.24) is 0 Å². The van der Waals surface area contributed by atoms with Crippen LogP contribution in [0.1, 0.15) is 41.0 Å². The van der Waals surface area contributed by atoms with Crippen LogP contribution in [0.2, 0.25) is 0 Å². The first kappa shape index (κ1) is 13.9. The molecule has 0 heterocycles. The van der Waals surface area contributed by atoms with Crippen molar-refractivity contribution in [2.45, 2.75) is 39.0 Å². The standard InChI is InChI=1S/C19H21NO/c1-13-10-11-18(14(2)12-13)20-19(21)17-9-5-7-15-6-3-4-8-16(15)17/h3-4,6,8,10-12,17H,5,7,9H2,1-2H3,(H,20,21)/t17-/m0/s1. The number of anilines is 1. The van der Waals surface area contributed by atoms with Gasteiger partial charge in [0.25, 0.3) is 0 Å².